The number of fused-ring (bicyclic) bond motifs is 1. The van der Waals surface area contributed by atoms with E-state index in [0.717, 1.165) is 38.5 Å². The smallest absolute Gasteiger partial charge is 0.315 e. The maximum Gasteiger partial charge on any atom is 0.315 e. The van der Waals surface area contributed by atoms with Crippen LogP contribution in [0.1, 0.15) is 120 Å². The lowest BCUT2D eigenvalue weighted by Crippen LogP contribution is -2.60. The number of ketones is 1. The lowest BCUT2D eigenvalue weighted by Gasteiger charge is -2.40. The fourth-order valence-corrected chi connectivity index (χ4v) is 7.56. The highest BCUT2D eigenvalue weighted by atomic mass is 16.2. The molecule has 0 unspecified atom stereocenters. The van der Waals surface area contributed by atoms with Crippen molar-refractivity contribution in [3.05, 3.63) is 0 Å². The number of Topliss-reactive ketones (excluding diaryl/α,β-unsaturated/α-hetero) is 1. The second-order valence-electron chi connectivity index (χ2n) is 17.5. The summed E-state index contributed by atoms with van der Waals surface area (Å²) >= 11 is 0. The second kappa shape index (κ2) is 15.4. The largest absolute Gasteiger partial charge is 0.347 e. The summed E-state index contributed by atoms with van der Waals surface area (Å²) in [6, 6.07) is -2.92. The van der Waals surface area contributed by atoms with Gasteiger partial charge in [0.05, 0.1) is 12.6 Å². The van der Waals surface area contributed by atoms with Crippen LogP contribution in [0.25, 0.3) is 0 Å². The molecule has 2 aliphatic heterocycles. The molecule has 4 N–H and O–H groups in total. The molecule has 2 saturated heterocycles. The van der Waals surface area contributed by atoms with Crippen molar-refractivity contribution in [3.8, 4) is 0 Å². The van der Waals surface area contributed by atoms with E-state index in [2.05, 4.69) is 42.0 Å². The van der Waals surface area contributed by atoms with Crippen LogP contribution in [0.5, 0.6) is 0 Å². The quantitative estimate of drug-likeness (QED) is 0.109. The first kappa shape index (κ1) is 39.3. The average Bonchev–Trinajstić information content (AvgIpc) is 3.86. The Kier molecular flexibility index (Phi) is 12.1. The van der Waals surface area contributed by atoms with Crippen LogP contribution in [0.3, 0.4) is 0 Å². The summed E-state index contributed by atoms with van der Waals surface area (Å²) in [5, 5.41) is 11.1. The molecule has 0 aromatic heterocycles. The molecule has 0 aromatic rings. The monoisotopic (exact) mass is 700 g/mol. The number of likely N-dealkylation sites (tertiary alicyclic amines) is 2. The lowest BCUT2D eigenvalue weighted by atomic mass is 9.80. The fourth-order valence-electron chi connectivity index (χ4n) is 7.56. The van der Waals surface area contributed by atoms with Crippen molar-refractivity contribution in [2.75, 3.05) is 19.6 Å². The Morgan fingerprint density at radius 1 is 0.900 bits per heavy atom. The van der Waals surface area contributed by atoms with Crippen LogP contribution in [-0.4, -0.2) is 95.0 Å². The first-order valence-corrected chi connectivity index (χ1v) is 18.6. The number of imide groups is 1. The van der Waals surface area contributed by atoms with Crippen molar-refractivity contribution < 1.29 is 33.6 Å². The summed E-state index contributed by atoms with van der Waals surface area (Å²) in [5.74, 6) is -2.88. The van der Waals surface area contributed by atoms with Gasteiger partial charge in [-0.05, 0) is 47.3 Å². The van der Waals surface area contributed by atoms with E-state index in [1.807, 2.05) is 34.6 Å². The highest BCUT2D eigenvalue weighted by Crippen LogP contribution is 2.64. The van der Waals surface area contributed by atoms with Gasteiger partial charge in [0.2, 0.25) is 29.4 Å². The van der Waals surface area contributed by atoms with Crippen LogP contribution < -0.4 is 21.3 Å². The van der Waals surface area contributed by atoms with Gasteiger partial charge in [-0.1, -0.05) is 87.5 Å². The Labute approximate surface area is 297 Å². The third-order valence-corrected chi connectivity index (χ3v) is 11.1. The van der Waals surface area contributed by atoms with Gasteiger partial charge in [-0.3, -0.25) is 33.7 Å². The van der Waals surface area contributed by atoms with E-state index in [0.29, 0.717) is 19.4 Å². The third kappa shape index (κ3) is 9.63. The summed E-state index contributed by atoms with van der Waals surface area (Å²) in [6.45, 7) is 15.7. The van der Waals surface area contributed by atoms with Crippen molar-refractivity contribution in [2.24, 2.45) is 28.1 Å². The summed E-state index contributed by atoms with van der Waals surface area (Å²) in [6.07, 6.45) is 7.22. The van der Waals surface area contributed by atoms with Gasteiger partial charge in [-0.2, -0.15) is 0 Å². The van der Waals surface area contributed by atoms with Crippen molar-refractivity contribution in [1.29, 1.82) is 0 Å². The van der Waals surface area contributed by atoms with Gasteiger partial charge in [0.1, 0.15) is 12.1 Å². The first-order valence-electron chi connectivity index (χ1n) is 18.6. The van der Waals surface area contributed by atoms with Gasteiger partial charge in [-0.15, -0.1) is 0 Å². The Hall–Kier alpha value is -3.51. The standard InChI is InChI=1S/C37H60N6O7/c1-9-10-11-12-13-14-24(40-34(50)41-26(35(2,3)4)21-42-27(45)17-36(5,6)18-28(42)46)33(49)43-20-23-29(37(23,7)8)30(43)32(48)38-19-25(44)31(47)39-22-15-16-22/h22-24,26,29-30H,9-21H2,1-8H3,(H,38,48)(H,39,47)(H2,40,41,50)/t23-,24-,26+,29-,30-/m0/s1. The molecule has 0 spiro atoms. The minimum Gasteiger partial charge on any atom is -0.347 e. The zero-order chi connectivity index (χ0) is 37.2. The summed E-state index contributed by atoms with van der Waals surface area (Å²) in [4.78, 5) is 94.8. The van der Waals surface area contributed by atoms with Crippen LogP contribution in [0.2, 0.25) is 0 Å². The Balaban J connectivity index is 1.46. The summed E-state index contributed by atoms with van der Waals surface area (Å²) in [7, 11) is 0. The molecule has 13 heteroatoms. The predicted octanol–water partition coefficient (Wildman–Crippen LogP) is 3.05. The van der Waals surface area contributed by atoms with E-state index in [-0.39, 0.29) is 60.4 Å². The zero-order valence-electron chi connectivity index (χ0n) is 31.4. The maximum atomic E-state index is 14.3. The van der Waals surface area contributed by atoms with Crippen molar-refractivity contribution in [2.45, 2.75) is 144 Å². The maximum absolute atomic E-state index is 14.3. The number of carbonyl (C=O) groups excluding carboxylic acids is 7. The molecule has 280 valence electrons. The molecule has 4 rings (SSSR count). The van der Waals surface area contributed by atoms with Crippen LogP contribution in [0.15, 0.2) is 0 Å². The van der Waals surface area contributed by atoms with Crippen LogP contribution in [0.4, 0.5) is 4.79 Å². The molecule has 4 aliphatic rings. The van der Waals surface area contributed by atoms with E-state index in [1.54, 1.807) is 0 Å². The molecule has 5 atom stereocenters. The van der Waals surface area contributed by atoms with E-state index < -0.39 is 59.1 Å². The van der Waals surface area contributed by atoms with Gasteiger partial charge in [0, 0.05) is 32.0 Å². The highest BCUT2D eigenvalue weighted by molar-refractivity contribution is 6.37. The Bertz CT molecular complexity index is 1330. The zero-order valence-corrected chi connectivity index (χ0v) is 31.4. The fraction of sp³-hybridized carbons (Fsp3) is 0.811. The van der Waals surface area contributed by atoms with Crippen molar-refractivity contribution in [1.82, 2.24) is 31.1 Å². The van der Waals surface area contributed by atoms with E-state index in [1.165, 1.54) is 9.80 Å². The van der Waals surface area contributed by atoms with E-state index in [4.69, 9.17) is 0 Å². The number of carbonyl (C=O) groups is 7. The van der Waals surface area contributed by atoms with Gasteiger partial charge >= 0.3 is 6.03 Å². The Morgan fingerprint density at radius 2 is 1.52 bits per heavy atom. The molecule has 2 aliphatic carbocycles. The topological polar surface area (TPSA) is 174 Å². The lowest BCUT2D eigenvalue weighted by molar-refractivity contribution is -0.153. The summed E-state index contributed by atoms with van der Waals surface area (Å²) in [5.41, 5.74) is -1.12. The number of rotatable bonds is 16. The molecule has 4 fully saturated rings. The van der Waals surface area contributed by atoms with Crippen LogP contribution >= 0.6 is 0 Å². The van der Waals surface area contributed by atoms with Crippen molar-refractivity contribution >= 4 is 41.4 Å². The van der Waals surface area contributed by atoms with Gasteiger partial charge < -0.3 is 26.2 Å². The van der Waals surface area contributed by atoms with Crippen molar-refractivity contribution in [3.63, 3.8) is 0 Å². The van der Waals surface area contributed by atoms with E-state index >= 15 is 0 Å². The van der Waals surface area contributed by atoms with E-state index in [9.17, 15) is 33.6 Å². The number of amides is 7. The molecule has 2 heterocycles. The minimum atomic E-state index is -0.918. The predicted molar refractivity (Wildman–Crippen MR) is 187 cm³/mol. The number of piperidine rings is 2. The van der Waals surface area contributed by atoms with Gasteiger partial charge in [-0.25, -0.2) is 4.79 Å². The summed E-state index contributed by atoms with van der Waals surface area (Å²) < 4.78 is 0. The molecule has 0 aromatic carbocycles. The average molecular weight is 701 g/mol. The van der Waals surface area contributed by atoms with Gasteiger partial charge in [0.15, 0.2) is 0 Å². The number of hydrogen-bond donors (Lipinski definition) is 4. The molecular formula is C37H60N6O7. The number of unbranched alkanes of at least 4 members (excludes halogenated alkanes) is 4. The number of nitrogens with zero attached hydrogens (tertiary/aromatic N) is 2. The van der Waals surface area contributed by atoms with Crippen LogP contribution in [0, 0.1) is 28.1 Å². The molecule has 13 nitrogen and oxygen atoms in total. The normalized spacial score (nSPS) is 24.9. The molecule has 7 amide bonds. The number of hydrogen-bond acceptors (Lipinski definition) is 7. The minimum absolute atomic E-state index is 0.0163. The SMILES string of the molecule is CCCCCCC[C@H](NC(=O)N[C@H](CN1C(=O)CC(C)(C)CC1=O)C(C)(C)C)C(=O)N1C[C@H]2[C@@H]([C@H]1C(=O)NCC(=O)C(=O)NC1CC1)C2(C)C. The molecular weight excluding hydrogens is 640 g/mol. The number of urea groups is 1. The number of nitrogens with one attached hydrogen (secondary N) is 4. The second-order valence-corrected chi connectivity index (χ2v) is 17.5. The first-order chi connectivity index (χ1) is 23.3. The highest BCUT2D eigenvalue weighted by Gasteiger charge is 2.69. The Morgan fingerprint density at radius 3 is 2.10 bits per heavy atom. The molecule has 50 heavy (non-hydrogen) atoms. The molecule has 0 bridgehead atoms. The molecule has 2 saturated carbocycles. The van der Waals surface area contributed by atoms with Gasteiger partial charge in [0.25, 0.3) is 5.91 Å². The van der Waals surface area contributed by atoms with Crippen LogP contribution in [-0.2, 0) is 28.8 Å². The molecule has 0 radical (unpaired) electrons. The third-order valence-electron chi connectivity index (χ3n) is 11.1.